The molecule has 2 atom stereocenters. The highest BCUT2D eigenvalue weighted by Crippen LogP contribution is 2.25. The number of nitrogens with zero attached hydrogens (tertiary/aromatic N) is 1. The van der Waals surface area contributed by atoms with Gasteiger partial charge in [-0.15, -0.1) is 11.3 Å². The van der Waals surface area contributed by atoms with E-state index < -0.39 is 0 Å². The van der Waals surface area contributed by atoms with E-state index in [1.165, 1.54) is 30.8 Å². The van der Waals surface area contributed by atoms with E-state index in [2.05, 4.69) is 41.6 Å². The Morgan fingerprint density at radius 2 is 2.50 bits per heavy atom. The molecule has 1 fully saturated rings. The molecule has 2 heterocycles. The minimum Gasteiger partial charge on any atom is -0.311 e. The van der Waals surface area contributed by atoms with Crippen LogP contribution in [0.25, 0.3) is 0 Å². The molecule has 1 aromatic heterocycles. The molecule has 16 heavy (non-hydrogen) atoms. The molecule has 90 valence electrons. The summed E-state index contributed by atoms with van der Waals surface area (Å²) in [5.41, 5.74) is 0. The summed E-state index contributed by atoms with van der Waals surface area (Å²) in [6.45, 7) is 8.12. The Morgan fingerprint density at radius 1 is 1.62 bits per heavy atom. The van der Waals surface area contributed by atoms with Crippen LogP contribution in [0.2, 0.25) is 0 Å². The summed E-state index contributed by atoms with van der Waals surface area (Å²) in [7, 11) is 0. The molecule has 0 spiro atoms. The molecular weight excluding hydrogens is 216 g/mol. The maximum atomic E-state index is 3.61. The largest absolute Gasteiger partial charge is 0.311 e. The van der Waals surface area contributed by atoms with Gasteiger partial charge >= 0.3 is 0 Å². The third-order valence-corrected chi connectivity index (χ3v) is 4.47. The van der Waals surface area contributed by atoms with E-state index in [1.807, 2.05) is 11.3 Å². The van der Waals surface area contributed by atoms with Crippen molar-refractivity contribution in [2.75, 3.05) is 19.6 Å². The van der Waals surface area contributed by atoms with Crippen LogP contribution in [0.1, 0.15) is 37.6 Å². The fourth-order valence-electron chi connectivity index (χ4n) is 2.45. The van der Waals surface area contributed by atoms with Crippen molar-refractivity contribution in [2.45, 2.75) is 38.8 Å². The van der Waals surface area contributed by atoms with Gasteiger partial charge in [0.25, 0.3) is 0 Å². The molecule has 2 unspecified atom stereocenters. The molecule has 0 bridgehead atoms. The van der Waals surface area contributed by atoms with Gasteiger partial charge in [-0.25, -0.2) is 0 Å². The molecule has 0 aromatic carbocycles. The quantitative estimate of drug-likeness (QED) is 0.867. The monoisotopic (exact) mass is 238 g/mol. The molecule has 0 aliphatic carbocycles. The minimum atomic E-state index is 0.585. The zero-order chi connectivity index (χ0) is 11.4. The van der Waals surface area contributed by atoms with Gasteiger partial charge in [0.1, 0.15) is 0 Å². The highest BCUT2D eigenvalue weighted by molar-refractivity contribution is 7.10. The van der Waals surface area contributed by atoms with Crippen LogP contribution < -0.4 is 5.32 Å². The van der Waals surface area contributed by atoms with Gasteiger partial charge in [0.2, 0.25) is 0 Å². The average molecular weight is 238 g/mol. The van der Waals surface area contributed by atoms with E-state index >= 15 is 0 Å². The van der Waals surface area contributed by atoms with Crippen LogP contribution in [0.5, 0.6) is 0 Å². The van der Waals surface area contributed by atoms with Crippen molar-refractivity contribution in [3.8, 4) is 0 Å². The molecule has 1 aliphatic heterocycles. The molecule has 1 aromatic rings. The Hall–Kier alpha value is -0.380. The highest BCUT2D eigenvalue weighted by Gasteiger charge is 2.23. The van der Waals surface area contributed by atoms with Crippen molar-refractivity contribution in [1.29, 1.82) is 0 Å². The van der Waals surface area contributed by atoms with E-state index in [9.17, 15) is 0 Å². The molecule has 0 amide bonds. The number of piperazine rings is 1. The summed E-state index contributed by atoms with van der Waals surface area (Å²) < 4.78 is 0. The average Bonchev–Trinajstić information content (AvgIpc) is 2.82. The second-order valence-corrected chi connectivity index (χ2v) is 5.61. The Bertz CT molecular complexity index is 295. The third-order valence-electron chi connectivity index (χ3n) is 3.43. The van der Waals surface area contributed by atoms with E-state index in [0.717, 1.165) is 6.54 Å². The lowest BCUT2D eigenvalue weighted by Crippen LogP contribution is -2.51. The fraction of sp³-hybridized carbons (Fsp3) is 0.692. The first-order chi connectivity index (χ1) is 7.81. The highest BCUT2D eigenvalue weighted by atomic mass is 32.1. The van der Waals surface area contributed by atoms with E-state index in [0.29, 0.717) is 12.1 Å². The Balaban J connectivity index is 1.93. The summed E-state index contributed by atoms with van der Waals surface area (Å²) >= 11 is 1.88. The van der Waals surface area contributed by atoms with Crippen LogP contribution in [0.3, 0.4) is 0 Å². The van der Waals surface area contributed by atoms with E-state index in [1.54, 1.807) is 0 Å². The molecule has 2 nitrogen and oxygen atoms in total. The van der Waals surface area contributed by atoms with Crippen LogP contribution in [0.4, 0.5) is 0 Å². The van der Waals surface area contributed by atoms with Crippen LogP contribution in [0.15, 0.2) is 17.5 Å². The van der Waals surface area contributed by atoms with Crippen molar-refractivity contribution < 1.29 is 0 Å². The third kappa shape index (κ3) is 2.84. The van der Waals surface area contributed by atoms with Gasteiger partial charge in [-0.3, -0.25) is 4.90 Å². The first-order valence-electron chi connectivity index (χ1n) is 6.32. The van der Waals surface area contributed by atoms with Gasteiger partial charge in [0, 0.05) is 36.6 Å². The topological polar surface area (TPSA) is 15.3 Å². The number of hydrogen-bond acceptors (Lipinski definition) is 3. The van der Waals surface area contributed by atoms with Crippen molar-refractivity contribution in [3.63, 3.8) is 0 Å². The van der Waals surface area contributed by atoms with Gasteiger partial charge in [-0.1, -0.05) is 19.4 Å². The molecule has 1 N–H and O–H groups in total. The molecule has 0 saturated carbocycles. The summed E-state index contributed by atoms with van der Waals surface area (Å²) in [5, 5.41) is 5.79. The van der Waals surface area contributed by atoms with Crippen LogP contribution in [0, 0.1) is 0 Å². The predicted molar refractivity (Wildman–Crippen MR) is 71.0 cm³/mol. The fourth-order valence-corrected chi connectivity index (χ4v) is 3.27. The van der Waals surface area contributed by atoms with E-state index in [-0.39, 0.29) is 0 Å². The zero-order valence-corrected chi connectivity index (χ0v) is 11.1. The summed E-state index contributed by atoms with van der Waals surface area (Å²) in [4.78, 5) is 4.11. The number of rotatable bonds is 4. The van der Waals surface area contributed by atoms with Crippen LogP contribution >= 0.6 is 11.3 Å². The molecular formula is C13H22N2S. The van der Waals surface area contributed by atoms with Crippen LogP contribution in [-0.2, 0) is 0 Å². The second kappa shape index (κ2) is 5.80. The Morgan fingerprint density at radius 3 is 3.19 bits per heavy atom. The molecule has 0 radical (unpaired) electrons. The lowest BCUT2D eigenvalue weighted by atomic mass is 10.1. The van der Waals surface area contributed by atoms with Gasteiger partial charge < -0.3 is 5.32 Å². The van der Waals surface area contributed by atoms with Gasteiger partial charge in [0.05, 0.1) is 0 Å². The lowest BCUT2D eigenvalue weighted by molar-refractivity contribution is 0.151. The molecule has 3 heteroatoms. The lowest BCUT2D eigenvalue weighted by Gasteiger charge is -2.37. The first kappa shape index (κ1) is 12.1. The van der Waals surface area contributed by atoms with Crippen molar-refractivity contribution in [2.24, 2.45) is 0 Å². The smallest absolute Gasteiger partial charge is 0.0414 e. The summed E-state index contributed by atoms with van der Waals surface area (Å²) in [6.07, 6.45) is 2.58. The van der Waals surface area contributed by atoms with Gasteiger partial charge in [0.15, 0.2) is 0 Å². The molecule has 1 saturated heterocycles. The van der Waals surface area contributed by atoms with Gasteiger partial charge in [-0.2, -0.15) is 0 Å². The first-order valence-corrected chi connectivity index (χ1v) is 7.20. The standard InChI is InChI=1S/C13H22N2S/c1-3-5-12-10-15(8-7-14-12)11(2)13-6-4-9-16-13/h4,6,9,11-12,14H,3,5,7-8,10H2,1-2H3. The Kier molecular flexibility index (Phi) is 4.38. The summed E-state index contributed by atoms with van der Waals surface area (Å²) in [5.74, 6) is 0. The van der Waals surface area contributed by atoms with Crippen LogP contribution in [-0.4, -0.2) is 30.6 Å². The second-order valence-electron chi connectivity index (χ2n) is 4.63. The molecule has 2 rings (SSSR count). The number of nitrogens with one attached hydrogen (secondary N) is 1. The van der Waals surface area contributed by atoms with Crippen molar-refractivity contribution in [3.05, 3.63) is 22.4 Å². The predicted octanol–water partition coefficient (Wildman–Crippen LogP) is 2.88. The molecule has 1 aliphatic rings. The van der Waals surface area contributed by atoms with E-state index in [4.69, 9.17) is 0 Å². The zero-order valence-electron chi connectivity index (χ0n) is 10.3. The number of thiophene rings is 1. The van der Waals surface area contributed by atoms with Gasteiger partial charge in [-0.05, 0) is 24.8 Å². The number of hydrogen-bond donors (Lipinski definition) is 1. The minimum absolute atomic E-state index is 0.585. The van der Waals surface area contributed by atoms with Crippen molar-refractivity contribution >= 4 is 11.3 Å². The SMILES string of the molecule is CCCC1CN(C(C)c2cccs2)CCN1. The maximum absolute atomic E-state index is 3.61. The maximum Gasteiger partial charge on any atom is 0.0414 e. The van der Waals surface area contributed by atoms with Crippen molar-refractivity contribution in [1.82, 2.24) is 10.2 Å². The Labute approximate surface area is 103 Å². The normalized spacial score (nSPS) is 24.5. The summed E-state index contributed by atoms with van der Waals surface area (Å²) in [6, 6.07) is 5.69.